The van der Waals surface area contributed by atoms with E-state index in [4.69, 9.17) is 4.74 Å². The van der Waals surface area contributed by atoms with E-state index < -0.39 is 16.1 Å². The lowest BCUT2D eigenvalue weighted by Crippen LogP contribution is -2.19. The third-order valence-corrected chi connectivity index (χ3v) is 6.20. The molecule has 4 aromatic rings. The van der Waals surface area contributed by atoms with E-state index >= 15 is 0 Å². The number of carbonyl (C=O) groups is 1. The van der Waals surface area contributed by atoms with Gasteiger partial charge in [-0.05, 0) is 60.0 Å². The van der Waals surface area contributed by atoms with Gasteiger partial charge in [-0.3, -0.25) is 4.72 Å². The van der Waals surface area contributed by atoms with Crippen molar-refractivity contribution in [1.29, 1.82) is 0 Å². The van der Waals surface area contributed by atoms with Gasteiger partial charge in [0.1, 0.15) is 5.75 Å². The first kappa shape index (κ1) is 21.2. The second kappa shape index (κ2) is 8.99. The van der Waals surface area contributed by atoms with Gasteiger partial charge in [0.05, 0.1) is 17.7 Å². The normalized spacial score (nSPS) is 11.0. The highest BCUT2D eigenvalue weighted by atomic mass is 32.2. The van der Waals surface area contributed by atoms with Gasteiger partial charge >= 0.3 is 6.03 Å². The van der Waals surface area contributed by atoms with Crippen LogP contribution in [0.2, 0.25) is 0 Å². The Morgan fingerprint density at radius 1 is 0.750 bits per heavy atom. The third-order valence-electron chi connectivity index (χ3n) is 4.80. The molecule has 0 aromatic heterocycles. The first-order valence-corrected chi connectivity index (χ1v) is 11.3. The molecule has 0 atom stereocenters. The second-order valence-corrected chi connectivity index (χ2v) is 8.65. The lowest BCUT2D eigenvalue weighted by Gasteiger charge is -2.11. The average Bonchev–Trinajstić information content (AvgIpc) is 2.80. The minimum absolute atomic E-state index is 0.0772. The van der Waals surface area contributed by atoms with Crippen LogP contribution >= 0.6 is 0 Å². The van der Waals surface area contributed by atoms with Crippen LogP contribution in [-0.4, -0.2) is 21.6 Å². The number of methoxy groups -OCH3 is 1. The summed E-state index contributed by atoms with van der Waals surface area (Å²) in [7, 11) is -2.23. The molecule has 0 aliphatic carbocycles. The number of ether oxygens (including phenoxy) is 1. The van der Waals surface area contributed by atoms with Crippen molar-refractivity contribution in [1.82, 2.24) is 0 Å². The minimum atomic E-state index is -3.77. The molecule has 7 nitrogen and oxygen atoms in total. The van der Waals surface area contributed by atoms with Crippen LogP contribution < -0.4 is 20.1 Å². The van der Waals surface area contributed by atoms with Gasteiger partial charge in [-0.1, -0.05) is 36.4 Å². The zero-order chi connectivity index (χ0) is 22.6. The summed E-state index contributed by atoms with van der Waals surface area (Å²) in [6, 6.07) is 25.5. The van der Waals surface area contributed by atoms with Crippen LogP contribution in [0.25, 0.3) is 10.8 Å². The molecule has 8 heteroatoms. The Balaban J connectivity index is 1.43. The second-order valence-electron chi connectivity index (χ2n) is 6.96. The fourth-order valence-corrected chi connectivity index (χ4v) is 4.27. The molecule has 4 aromatic carbocycles. The number of urea groups is 1. The van der Waals surface area contributed by atoms with Gasteiger partial charge < -0.3 is 15.4 Å². The molecule has 0 bridgehead atoms. The zero-order valence-corrected chi connectivity index (χ0v) is 18.0. The van der Waals surface area contributed by atoms with E-state index in [1.165, 1.54) is 31.4 Å². The van der Waals surface area contributed by atoms with Crippen LogP contribution in [0.4, 0.5) is 21.9 Å². The number of nitrogens with one attached hydrogen (secondary N) is 3. The lowest BCUT2D eigenvalue weighted by atomic mass is 10.1. The Labute approximate surface area is 186 Å². The predicted molar refractivity (Wildman–Crippen MR) is 127 cm³/mol. The number of hydrogen-bond donors (Lipinski definition) is 3. The first-order valence-electron chi connectivity index (χ1n) is 9.77. The van der Waals surface area contributed by atoms with E-state index in [-0.39, 0.29) is 4.90 Å². The highest BCUT2D eigenvalue weighted by Gasteiger charge is 2.14. The zero-order valence-electron chi connectivity index (χ0n) is 17.2. The molecule has 0 spiro atoms. The molecule has 0 fully saturated rings. The number of hydrogen-bond acceptors (Lipinski definition) is 4. The van der Waals surface area contributed by atoms with Gasteiger partial charge in [0.15, 0.2) is 0 Å². The Morgan fingerprint density at radius 2 is 1.41 bits per heavy atom. The SMILES string of the molecule is COc1ccc(NS(=O)(=O)c2ccc(NC(=O)Nc3cccc4ccccc34)cc2)cc1. The van der Waals surface area contributed by atoms with Gasteiger partial charge in [0.2, 0.25) is 0 Å². The Hall–Kier alpha value is -4.04. The van der Waals surface area contributed by atoms with Crippen LogP contribution in [0, 0.1) is 0 Å². The molecule has 0 saturated heterocycles. The van der Waals surface area contributed by atoms with Crippen molar-refractivity contribution in [3.8, 4) is 5.75 Å². The molecule has 0 unspecified atom stereocenters. The summed E-state index contributed by atoms with van der Waals surface area (Å²) in [6.07, 6.45) is 0. The third kappa shape index (κ3) is 4.81. The van der Waals surface area contributed by atoms with Gasteiger partial charge in [0, 0.05) is 16.8 Å². The molecule has 0 aliphatic rings. The average molecular weight is 448 g/mol. The van der Waals surface area contributed by atoms with Crippen molar-refractivity contribution in [2.45, 2.75) is 4.90 Å². The van der Waals surface area contributed by atoms with Gasteiger partial charge in [-0.2, -0.15) is 0 Å². The maximum absolute atomic E-state index is 12.6. The van der Waals surface area contributed by atoms with Crippen LogP contribution in [0.15, 0.2) is 95.9 Å². The maximum Gasteiger partial charge on any atom is 0.323 e. The molecule has 4 rings (SSSR count). The summed E-state index contributed by atoms with van der Waals surface area (Å²) in [5.41, 5.74) is 1.57. The van der Waals surface area contributed by atoms with E-state index in [0.717, 1.165) is 10.8 Å². The standard InChI is InChI=1S/C24H21N3O4S/c1-31-20-13-9-19(10-14-20)27-32(29,30)21-15-11-18(12-16-21)25-24(28)26-23-8-4-6-17-5-2-3-7-22(17)23/h2-16,27H,1H3,(H2,25,26,28). The van der Waals surface area contributed by atoms with Crippen molar-refractivity contribution in [2.24, 2.45) is 0 Å². The van der Waals surface area contributed by atoms with Gasteiger partial charge in [-0.15, -0.1) is 0 Å². The first-order chi connectivity index (χ1) is 15.4. The number of fused-ring (bicyclic) bond motifs is 1. The maximum atomic E-state index is 12.6. The summed E-state index contributed by atoms with van der Waals surface area (Å²) in [5, 5.41) is 7.49. The summed E-state index contributed by atoms with van der Waals surface area (Å²) >= 11 is 0. The van der Waals surface area contributed by atoms with E-state index in [1.807, 2.05) is 42.5 Å². The van der Waals surface area contributed by atoms with Crippen LogP contribution in [0.3, 0.4) is 0 Å². The minimum Gasteiger partial charge on any atom is -0.497 e. The Morgan fingerprint density at radius 3 is 2.12 bits per heavy atom. The van der Waals surface area contributed by atoms with Crippen LogP contribution in [-0.2, 0) is 10.0 Å². The molecule has 32 heavy (non-hydrogen) atoms. The molecular formula is C24H21N3O4S. The summed E-state index contributed by atoms with van der Waals surface area (Å²) in [5.74, 6) is 0.630. The van der Waals surface area contributed by atoms with Crippen LogP contribution in [0.1, 0.15) is 0 Å². The summed E-state index contributed by atoms with van der Waals surface area (Å²) in [4.78, 5) is 12.5. The monoisotopic (exact) mass is 447 g/mol. The molecule has 2 amide bonds. The molecule has 3 N–H and O–H groups in total. The number of benzene rings is 4. The van der Waals surface area contributed by atoms with Crippen molar-refractivity contribution >= 4 is 43.9 Å². The van der Waals surface area contributed by atoms with Crippen LogP contribution in [0.5, 0.6) is 5.75 Å². The van der Waals surface area contributed by atoms with E-state index in [1.54, 1.807) is 24.3 Å². The highest BCUT2D eigenvalue weighted by Crippen LogP contribution is 2.24. The van der Waals surface area contributed by atoms with Gasteiger partial charge in [0.25, 0.3) is 10.0 Å². The van der Waals surface area contributed by atoms with E-state index in [2.05, 4.69) is 15.4 Å². The van der Waals surface area contributed by atoms with Gasteiger partial charge in [-0.25, -0.2) is 13.2 Å². The fraction of sp³-hybridized carbons (Fsp3) is 0.0417. The van der Waals surface area contributed by atoms with Crippen molar-refractivity contribution in [3.05, 3.63) is 91.0 Å². The molecule has 0 saturated carbocycles. The Kier molecular flexibility index (Phi) is 5.96. The number of rotatable bonds is 6. The number of carbonyl (C=O) groups excluding carboxylic acids is 1. The Bertz CT molecular complexity index is 1350. The van der Waals surface area contributed by atoms with E-state index in [9.17, 15) is 13.2 Å². The molecule has 0 radical (unpaired) electrons. The fourth-order valence-electron chi connectivity index (χ4n) is 3.21. The largest absolute Gasteiger partial charge is 0.497 e. The van der Waals surface area contributed by atoms with E-state index in [0.29, 0.717) is 22.8 Å². The quantitative estimate of drug-likeness (QED) is 0.374. The van der Waals surface area contributed by atoms with Crippen molar-refractivity contribution in [3.63, 3.8) is 0 Å². The van der Waals surface area contributed by atoms with Crippen molar-refractivity contribution in [2.75, 3.05) is 22.5 Å². The summed E-state index contributed by atoms with van der Waals surface area (Å²) in [6.45, 7) is 0. The molecule has 0 heterocycles. The molecule has 0 aliphatic heterocycles. The molecular weight excluding hydrogens is 426 g/mol. The number of amides is 2. The lowest BCUT2D eigenvalue weighted by molar-refractivity contribution is 0.262. The number of sulfonamides is 1. The topological polar surface area (TPSA) is 96.5 Å². The predicted octanol–water partition coefficient (Wildman–Crippen LogP) is 5.29. The van der Waals surface area contributed by atoms with Crippen molar-refractivity contribution < 1.29 is 17.9 Å². The smallest absolute Gasteiger partial charge is 0.323 e. The number of anilines is 3. The highest BCUT2D eigenvalue weighted by molar-refractivity contribution is 7.92. The molecule has 162 valence electrons. The summed E-state index contributed by atoms with van der Waals surface area (Å²) < 4.78 is 32.8.